The van der Waals surface area contributed by atoms with Crippen LogP contribution < -0.4 is 10.9 Å². The molecule has 2 N–H and O–H groups in total. The fourth-order valence-corrected chi connectivity index (χ4v) is 2.91. The lowest BCUT2D eigenvalue weighted by Crippen LogP contribution is -2.36. The summed E-state index contributed by atoms with van der Waals surface area (Å²) in [4.78, 5) is 31.3. The third-order valence-corrected chi connectivity index (χ3v) is 4.34. The molecule has 3 rings (SSSR count). The summed E-state index contributed by atoms with van der Waals surface area (Å²) >= 11 is 0. The van der Waals surface area contributed by atoms with Crippen molar-refractivity contribution in [2.45, 2.75) is 39.0 Å². The number of anilines is 1. The van der Waals surface area contributed by atoms with Gasteiger partial charge in [0.2, 0.25) is 11.9 Å². The average Bonchev–Trinajstić information content (AvgIpc) is 2.82. The number of aromatic nitrogens is 4. The third kappa shape index (κ3) is 2.43. The largest absolute Gasteiger partial charge is 0.296 e. The quantitative estimate of drug-likeness (QED) is 0.877. The Morgan fingerprint density at radius 2 is 2.10 bits per heavy atom. The Balaban J connectivity index is 1.89. The molecule has 21 heavy (non-hydrogen) atoms. The van der Waals surface area contributed by atoms with E-state index in [1.54, 1.807) is 7.05 Å². The van der Waals surface area contributed by atoms with E-state index in [1.807, 2.05) is 6.92 Å². The molecule has 7 heteroatoms. The number of hydrogen-bond donors (Lipinski definition) is 2. The van der Waals surface area contributed by atoms with Crippen molar-refractivity contribution in [3.8, 4) is 0 Å². The fraction of sp³-hybridized carbons (Fsp3) is 0.571. The second-order valence-electron chi connectivity index (χ2n) is 6.00. The fourth-order valence-electron chi connectivity index (χ4n) is 2.91. The summed E-state index contributed by atoms with van der Waals surface area (Å²) in [7, 11) is 1.71. The number of rotatable bonds is 2. The van der Waals surface area contributed by atoms with E-state index >= 15 is 0 Å². The van der Waals surface area contributed by atoms with Gasteiger partial charge < -0.3 is 0 Å². The highest BCUT2D eigenvalue weighted by molar-refractivity contribution is 5.94. The molecule has 0 unspecified atom stereocenters. The topological polar surface area (TPSA) is 92.7 Å². The van der Waals surface area contributed by atoms with E-state index in [4.69, 9.17) is 0 Å². The van der Waals surface area contributed by atoms with Crippen molar-refractivity contribution in [2.75, 3.05) is 5.32 Å². The Hall–Kier alpha value is -2.18. The van der Waals surface area contributed by atoms with E-state index in [-0.39, 0.29) is 22.8 Å². The van der Waals surface area contributed by atoms with Gasteiger partial charge in [-0.2, -0.15) is 10.1 Å². The first kappa shape index (κ1) is 13.8. The van der Waals surface area contributed by atoms with Gasteiger partial charge in [0.25, 0.3) is 5.56 Å². The molecular weight excluding hydrogens is 270 g/mol. The number of nitrogens with zero attached hydrogens (tertiary/aromatic N) is 3. The summed E-state index contributed by atoms with van der Waals surface area (Å²) < 4.78 is 1.52. The first-order valence-corrected chi connectivity index (χ1v) is 7.23. The lowest BCUT2D eigenvalue weighted by atomic mass is 9.75. The van der Waals surface area contributed by atoms with Crippen LogP contribution in [0.3, 0.4) is 0 Å². The number of carbonyl (C=O) groups excluding carboxylic acids is 1. The zero-order valence-electron chi connectivity index (χ0n) is 12.3. The molecule has 2 aromatic rings. The van der Waals surface area contributed by atoms with Crippen LogP contribution in [0.25, 0.3) is 11.0 Å². The molecule has 1 aliphatic carbocycles. The minimum absolute atomic E-state index is 0.0770. The predicted molar refractivity (Wildman–Crippen MR) is 79.0 cm³/mol. The van der Waals surface area contributed by atoms with Crippen LogP contribution in [-0.2, 0) is 11.8 Å². The molecule has 1 saturated carbocycles. The molecule has 0 aromatic carbocycles. The van der Waals surface area contributed by atoms with Crippen LogP contribution in [0.1, 0.15) is 39.0 Å². The van der Waals surface area contributed by atoms with Crippen LogP contribution in [0.15, 0.2) is 11.0 Å². The van der Waals surface area contributed by atoms with Gasteiger partial charge in [-0.3, -0.25) is 24.6 Å². The van der Waals surface area contributed by atoms with Gasteiger partial charge in [-0.25, -0.2) is 0 Å². The van der Waals surface area contributed by atoms with Crippen LogP contribution >= 0.6 is 0 Å². The summed E-state index contributed by atoms with van der Waals surface area (Å²) in [5, 5.41) is 7.17. The molecule has 1 fully saturated rings. The number of carbonyl (C=O) groups is 1. The first-order valence-electron chi connectivity index (χ1n) is 7.23. The van der Waals surface area contributed by atoms with Crippen LogP contribution in [0, 0.1) is 5.41 Å². The maximum Gasteiger partial charge on any atom is 0.263 e. The zero-order valence-corrected chi connectivity index (χ0v) is 12.3. The van der Waals surface area contributed by atoms with Crippen molar-refractivity contribution in [3.63, 3.8) is 0 Å². The smallest absolute Gasteiger partial charge is 0.263 e. The molecule has 7 nitrogen and oxygen atoms in total. The number of nitrogens with one attached hydrogen (secondary N) is 2. The summed E-state index contributed by atoms with van der Waals surface area (Å²) in [6.07, 6.45) is 6.52. The molecule has 1 aliphatic rings. The number of amides is 1. The van der Waals surface area contributed by atoms with Gasteiger partial charge in [-0.05, 0) is 12.8 Å². The maximum atomic E-state index is 12.5. The van der Waals surface area contributed by atoms with Crippen molar-refractivity contribution in [1.82, 2.24) is 19.7 Å². The highest BCUT2D eigenvalue weighted by atomic mass is 16.2. The van der Waals surface area contributed by atoms with E-state index in [0.29, 0.717) is 11.0 Å². The van der Waals surface area contributed by atoms with Crippen LogP contribution in [0.5, 0.6) is 0 Å². The Bertz CT molecular complexity index is 739. The van der Waals surface area contributed by atoms with E-state index in [0.717, 1.165) is 25.7 Å². The minimum Gasteiger partial charge on any atom is -0.296 e. The highest BCUT2D eigenvalue weighted by Crippen LogP contribution is 2.36. The van der Waals surface area contributed by atoms with Crippen LogP contribution in [0.2, 0.25) is 0 Å². The number of H-pyrrole nitrogens is 1. The monoisotopic (exact) mass is 289 g/mol. The predicted octanol–water partition coefficient (Wildman–Crippen LogP) is 1.57. The second kappa shape index (κ2) is 4.98. The van der Waals surface area contributed by atoms with Gasteiger partial charge in [-0.1, -0.05) is 26.2 Å². The van der Waals surface area contributed by atoms with E-state index < -0.39 is 0 Å². The summed E-state index contributed by atoms with van der Waals surface area (Å²) in [6, 6.07) is 0. The molecule has 0 spiro atoms. The second-order valence-corrected chi connectivity index (χ2v) is 6.00. The van der Waals surface area contributed by atoms with Gasteiger partial charge in [0.05, 0.1) is 6.20 Å². The number of aromatic amines is 1. The van der Waals surface area contributed by atoms with Crippen molar-refractivity contribution in [1.29, 1.82) is 0 Å². The summed E-state index contributed by atoms with van der Waals surface area (Å²) in [5.74, 6) is 0.111. The minimum atomic E-state index is -0.377. The molecule has 2 heterocycles. The normalized spacial score (nSPS) is 17.8. The number of fused-ring (bicyclic) bond motifs is 1. The van der Waals surface area contributed by atoms with E-state index in [1.165, 1.54) is 17.3 Å². The van der Waals surface area contributed by atoms with Gasteiger partial charge >= 0.3 is 0 Å². The molecule has 0 aliphatic heterocycles. The maximum absolute atomic E-state index is 12.5. The molecule has 0 bridgehead atoms. The summed E-state index contributed by atoms with van der Waals surface area (Å²) in [6.45, 7) is 1.97. The van der Waals surface area contributed by atoms with Gasteiger partial charge in [0, 0.05) is 12.5 Å². The van der Waals surface area contributed by atoms with Crippen molar-refractivity contribution >= 4 is 22.9 Å². The molecule has 112 valence electrons. The number of aryl methyl sites for hydroxylation is 1. The van der Waals surface area contributed by atoms with Crippen molar-refractivity contribution in [2.24, 2.45) is 12.5 Å². The van der Waals surface area contributed by atoms with Gasteiger partial charge in [-0.15, -0.1) is 0 Å². The van der Waals surface area contributed by atoms with E-state index in [9.17, 15) is 9.59 Å². The Morgan fingerprint density at radius 3 is 2.81 bits per heavy atom. The molecule has 1 amide bonds. The number of hydrogen-bond acceptors (Lipinski definition) is 4. The van der Waals surface area contributed by atoms with Crippen LogP contribution in [-0.4, -0.2) is 25.7 Å². The summed E-state index contributed by atoms with van der Waals surface area (Å²) in [5.41, 5.74) is -0.210. The van der Waals surface area contributed by atoms with Gasteiger partial charge in [0.1, 0.15) is 5.39 Å². The average molecular weight is 289 g/mol. The van der Waals surface area contributed by atoms with E-state index in [2.05, 4.69) is 20.4 Å². The molecule has 0 saturated heterocycles. The Kier molecular flexibility index (Phi) is 3.27. The molecule has 2 aromatic heterocycles. The Morgan fingerprint density at radius 1 is 1.38 bits per heavy atom. The van der Waals surface area contributed by atoms with Crippen LogP contribution in [0.4, 0.5) is 5.95 Å². The van der Waals surface area contributed by atoms with Crippen molar-refractivity contribution < 1.29 is 4.79 Å². The zero-order chi connectivity index (χ0) is 15.0. The highest BCUT2D eigenvalue weighted by Gasteiger charge is 2.34. The molecule has 0 radical (unpaired) electrons. The lowest BCUT2D eigenvalue weighted by Gasteiger charge is -2.31. The lowest BCUT2D eigenvalue weighted by molar-refractivity contribution is -0.126. The first-order chi connectivity index (χ1) is 9.99. The van der Waals surface area contributed by atoms with Gasteiger partial charge in [0.15, 0.2) is 5.65 Å². The van der Waals surface area contributed by atoms with Crippen molar-refractivity contribution in [3.05, 3.63) is 16.6 Å². The SMILES string of the molecule is Cn1ncc2c(=O)[nH]c(NC(=O)C3(C)CCCCC3)nc21. The standard InChI is InChI=1S/C14H19N5O2/c1-14(6-4-3-5-7-14)12(21)18-13-16-10-9(11(20)17-13)8-15-19(10)2/h8H,3-7H2,1-2H3,(H2,16,17,18,20,21). The molecular formula is C14H19N5O2. The molecule has 0 atom stereocenters. The third-order valence-electron chi connectivity index (χ3n) is 4.34. The Labute approximate surface area is 121 Å².